The molecule has 2 aromatic rings. The molecule has 0 fully saturated rings. The van der Waals surface area contributed by atoms with Crippen molar-refractivity contribution in [3.8, 4) is 0 Å². The minimum absolute atomic E-state index is 0.110. The first-order valence-electron chi connectivity index (χ1n) is 6.91. The summed E-state index contributed by atoms with van der Waals surface area (Å²) >= 11 is 0. The fourth-order valence-corrected chi connectivity index (χ4v) is 1.92. The molecule has 0 saturated carbocycles. The number of amides is 1. The minimum atomic E-state index is -0.110. The van der Waals surface area contributed by atoms with Gasteiger partial charge in [0.05, 0.1) is 11.3 Å². The van der Waals surface area contributed by atoms with Gasteiger partial charge in [-0.15, -0.1) is 6.58 Å². The van der Waals surface area contributed by atoms with Crippen LogP contribution in [-0.2, 0) is 6.42 Å². The third-order valence-corrected chi connectivity index (χ3v) is 2.99. The highest BCUT2D eigenvalue weighted by atomic mass is 16.1. The molecule has 1 aromatic carbocycles. The SMILES string of the molecule is C=CCNc1cncc(C(=O)NCCc2ccccc2)c1. The van der Waals surface area contributed by atoms with Crippen LogP contribution in [0.25, 0.3) is 0 Å². The molecular weight excluding hydrogens is 262 g/mol. The monoisotopic (exact) mass is 281 g/mol. The number of hydrogen-bond acceptors (Lipinski definition) is 3. The van der Waals surface area contributed by atoms with Gasteiger partial charge < -0.3 is 10.6 Å². The number of benzene rings is 1. The van der Waals surface area contributed by atoms with Crippen molar-refractivity contribution in [2.45, 2.75) is 6.42 Å². The highest BCUT2D eigenvalue weighted by Gasteiger charge is 2.06. The summed E-state index contributed by atoms with van der Waals surface area (Å²) < 4.78 is 0. The summed E-state index contributed by atoms with van der Waals surface area (Å²) in [6, 6.07) is 11.9. The van der Waals surface area contributed by atoms with Gasteiger partial charge in [0.1, 0.15) is 0 Å². The van der Waals surface area contributed by atoms with Crippen LogP contribution in [0.4, 0.5) is 5.69 Å². The normalized spacial score (nSPS) is 9.90. The highest BCUT2D eigenvalue weighted by molar-refractivity contribution is 5.94. The van der Waals surface area contributed by atoms with Crippen LogP contribution in [0.3, 0.4) is 0 Å². The molecule has 0 spiro atoms. The van der Waals surface area contributed by atoms with Crippen molar-refractivity contribution in [3.63, 3.8) is 0 Å². The fourth-order valence-electron chi connectivity index (χ4n) is 1.92. The maximum absolute atomic E-state index is 12.1. The first-order chi connectivity index (χ1) is 10.3. The predicted molar refractivity (Wildman–Crippen MR) is 85.4 cm³/mol. The fraction of sp³-hybridized carbons (Fsp3) is 0.176. The summed E-state index contributed by atoms with van der Waals surface area (Å²) in [4.78, 5) is 16.1. The van der Waals surface area contributed by atoms with E-state index < -0.39 is 0 Å². The molecule has 0 radical (unpaired) electrons. The molecule has 108 valence electrons. The molecule has 2 N–H and O–H groups in total. The van der Waals surface area contributed by atoms with Crippen LogP contribution in [0.1, 0.15) is 15.9 Å². The average Bonchev–Trinajstić information content (AvgIpc) is 2.54. The van der Waals surface area contributed by atoms with Gasteiger partial charge in [-0.25, -0.2) is 0 Å². The Bertz CT molecular complexity index is 596. The number of hydrogen-bond donors (Lipinski definition) is 2. The molecule has 2 rings (SSSR count). The average molecular weight is 281 g/mol. The second-order valence-corrected chi connectivity index (χ2v) is 4.62. The summed E-state index contributed by atoms with van der Waals surface area (Å²) in [6.07, 6.45) is 5.82. The topological polar surface area (TPSA) is 54.0 Å². The molecule has 4 nitrogen and oxygen atoms in total. The molecule has 1 aromatic heterocycles. The van der Waals surface area contributed by atoms with E-state index in [-0.39, 0.29) is 5.91 Å². The molecule has 0 atom stereocenters. The predicted octanol–water partition coefficient (Wildman–Crippen LogP) is 2.65. The zero-order valence-electron chi connectivity index (χ0n) is 11.9. The van der Waals surface area contributed by atoms with Gasteiger partial charge in [-0.3, -0.25) is 9.78 Å². The molecule has 0 bridgehead atoms. The number of rotatable bonds is 7. The largest absolute Gasteiger partial charge is 0.380 e. The second-order valence-electron chi connectivity index (χ2n) is 4.62. The van der Waals surface area contributed by atoms with Crippen molar-refractivity contribution < 1.29 is 4.79 Å². The van der Waals surface area contributed by atoms with E-state index in [1.165, 1.54) is 5.56 Å². The van der Waals surface area contributed by atoms with Crippen molar-refractivity contribution in [2.24, 2.45) is 0 Å². The zero-order valence-corrected chi connectivity index (χ0v) is 11.9. The third-order valence-electron chi connectivity index (χ3n) is 2.99. The summed E-state index contributed by atoms with van der Waals surface area (Å²) in [5.74, 6) is -0.110. The molecule has 1 amide bonds. The number of carbonyl (C=O) groups is 1. The van der Waals surface area contributed by atoms with Crippen LogP contribution in [0, 0.1) is 0 Å². The first kappa shape index (κ1) is 14.8. The number of aromatic nitrogens is 1. The minimum Gasteiger partial charge on any atom is -0.380 e. The van der Waals surface area contributed by atoms with E-state index in [0.29, 0.717) is 18.7 Å². The molecule has 1 heterocycles. The van der Waals surface area contributed by atoms with Crippen molar-refractivity contribution in [1.82, 2.24) is 10.3 Å². The molecule has 4 heteroatoms. The Morgan fingerprint density at radius 2 is 2.05 bits per heavy atom. The lowest BCUT2D eigenvalue weighted by atomic mass is 10.1. The number of anilines is 1. The van der Waals surface area contributed by atoms with Gasteiger partial charge in [0.2, 0.25) is 0 Å². The molecule has 21 heavy (non-hydrogen) atoms. The van der Waals surface area contributed by atoms with E-state index in [4.69, 9.17) is 0 Å². The standard InChI is InChI=1S/C17H19N3O/c1-2-9-19-16-11-15(12-18-13-16)17(21)20-10-8-14-6-4-3-5-7-14/h2-7,11-13,19H,1,8-10H2,(H,20,21). The van der Waals surface area contributed by atoms with Gasteiger partial charge in [0.25, 0.3) is 5.91 Å². The smallest absolute Gasteiger partial charge is 0.252 e. The Balaban J connectivity index is 1.86. The van der Waals surface area contributed by atoms with Gasteiger partial charge in [-0.1, -0.05) is 36.4 Å². The highest BCUT2D eigenvalue weighted by Crippen LogP contribution is 2.08. The Labute approximate surface area is 124 Å². The van der Waals surface area contributed by atoms with Crippen molar-refractivity contribution in [3.05, 3.63) is 72.6 Å². The maximum Gasteiger partial charge on any atom is 0.252 e. The number of pyridine rings is 1. The van der Waals surface area contributed by atoms with E-state index >= 15 is 0 Å². The van der Waals surface area contributed by atoms with Gasteiger partial charge in [0, 0.05) is 25.5 Å². The van der Waals surface area contributed by atoms with E-state index in [0.717, 1.165) is 12.1 Å². The third kappa shape index (κ3) is 4.76. The summed E-state index contributed by atoms with van der Waals surface area (Å²) in [5, 5.41) is 6.01. The summed E-state index contributed by atoms with van der Waals surface area (Å²) in [5.41, 5.74) is 2.57. The van der Waals surface area contributed by atoms with E-state index in [9.17, 15) is 4.79 Å². The molecule has 0 aliphatic rings. The molecule has 0 aliphatic carbocycles. The van der Waals surface area contributed by atoms with Crippen LogP contribution in [-0.4, -0.2) is 24.0 Å². The van der Waals surface area contributed by atoms with Crippen molar-refractivity contribution in [1.29, 1.82) is 0 Å². The second kappa shape index (κ2) is 7.85. The lowest BCUT2D eigenvalue weighted by Crippen LogP contribution is -2.25. The number of nitrogens with zero attached hydrogens (tertiary/aromatic N) is 1. The Morgan fingerprint density at radius 1 is 1.24 bits per heavy atom. The Kier molecular flexibility index (Phi) is 5.52. The van der Waals surface area contributed by atoms with Crippen molar-refractivity contribution in [2.75, 3.05) is 18.4 Å². The van der Waals surface area contributed by atoms with Crippen LogP contribution in [0.15, 0.2) is 61.4 Å². The van der Waals surface area contributed by atoms with Crippen LogP contribution in [0.2, 0.25) is 0 Å². The molecule has 0 saturated heterocycles. The van der Waals surface area contributed by atoms with Crippen LogP contribution >= 0.6 is 0 Å². The molecular formula is C17H19N3O. The van der Waals surface area contributed by atoms with Crippen LogP contribution < -0.4 is 10.6 Å². The Morgan fingerprint density at radius 3 is 2.81 bits per heavy atom. The van der Waals surface area contributed by atoms with Gasteiger partial charge in [-0.05, 0) is 18.1 Å². The number of carbonyl (C=O) groups excluding carboxylic acids is 1. The molecule has 0 unspecified atom stereocenters. The molecule has 0 aliphatic heterocycles. The van der Waals surface area contributed by atoms with Gasteiger partial charge in [0.15, 0.2) is 0 Å². The van der Waals surface area contributed by atoms with Crippen LogP contribution in [0.5, 0.6) is 0 Å². The maximum atomic E-state index is 12.1. The van der Waals surface area contributed by atoms with E-state index in [1.54, 1.807) is 24.5 Å². The van der Waals surface area contributed by atoms with E-state index in [2.05, 4.69) is 22.2 Å². The summed E-state index contributed by atoms with van der Waals surface area (Å²) in [7, 11) is 0. The zero-order chi connectivity index (χ0) is 14.9. The Hall–Kier alpha value is -2.62. The number of nitrogens with one attached hydrogen (secondary N) is 2. The quantitative estimate of drug-likeness (QED) is 0.767. The van der Waals surface area contributed by atoms with E-state index in [1.807, 2.05) is 30.3 Å². The summed E-state index contributed by atoms with van der Waals surface area (Å²) in [6.45, 7) is 4.88. The lowest BCUT2D eigenvalue weighted by molar-refractivity contribution is 0.0954. The lowest BCUT2D eigenvalue weighted by Gasteiger charge is -2.07. The van der Waals surface area contributed by atoms with Crippen molar-refractivity contribution >= 4 is 11.6 Å². The first-order valence-corrected chi connectivity index (χ1v) is 6.91. The van der Waals surface area contributed by atoms with Gasteiger partial charge in [-0.2, -0.15) is 0 Å². The van der Waals surface area contributed by atoms with Gasteiger partial charge >= 0.3 is 0 Å².